The topological polar surface area (TPSA) is 177 Å². The molecule has 0 aromatic heterocycles. The van der Waals surface area contributed by atoms with Crippen LogP contribution in [0.15, 0.2) is 11.6 Å². The quantitative estimate of drug-likeness (QED) is 0.177. The summed E-state index contributed by atoms with van der Waals surface area (Å²) in [5.74, 6) is -0.311. The van der Waals surface area contributed by atoms with E-state index in [1.165, 1.54) is 5.57 Å². The molecule has 7 N–H and O–H groups in total. The van der Waals surface area contributed by atoms with Crippen LogP contribution in [0.1, 0.15) is 99.8 Å². The van der Waals surface area contributed by atoms with E-state index in [-0.39, 0.29) is 40.4 Å². The molecule has 0 aromatic rings. The molecule has 46 heavy (non-hydrogen) atoms. The molecular weight excluding hydrogens is 592 g/mol. The van der Waals surface area contributed by atoms with E-state index >= 15 is 0 Å². The Morgan fingerprint density at radius 1 is 0.870 bits per heavy atom. The molecule has 4 saturated carbocycles. The van der Waals surface area contributed by atoms with Crippen LogP contribution in [-0.4, -0.2) is 97.3 Å². The number of carbonyl (C=O) groups excluding carboxylic acids is 1. The Balaban J connectivity index is 1.38. The largest absolute Gasteiger partial charge is 0.432 e. The summed E-state index contributed by atoms with van der Waals surface area (Å²) in [6, 6.07) is 0. The maximum Gasteiger partial charge on any atom is 0.315 e. The summed E-state index contributed by atoms with van der Waals surface area (Å²) in [7, 11) is 0. The highest BCUT2D eigenvalue weighted by molar-refractivity contribution is 5.79. The van der Waals surface area contributed by atoms with Crippen molar-refractivity contribution in [3.63, 3.8) is 0 Å². The van der Waals surface area contributed by atoms with Crippen molar-refractivity contribution >= 4 is 5.97 Å². The minimum atomic E-state index is -1.70. The standard InChI is InChI=1S/C36H58O10/c1-31(2)14-19-18-8-9-23-33(5)15-20(38)28(43)32(3,4)22(33)10-11-35(23,7)34(18,6)12-13-36(19,16-24(31)39)30(44)46-29-27(42)26(41)25(40)21(17-37)45-29/h8,19-29,37-43H,9-17H2,1-7H3. The number of hydrogen-bond donors (Lipinski definition) is 7. The second-order valence-corrected chi connectivity index (χ2v) is 18.1. The number of ether oxygens (including phenoxy) is 2. The van der Waals surface area contributed by atoms with Gasteiger partial charge in [-0.15, -0.1) is 0 Å². The Labute approximate surface area is 273 Å². The summed E-state index contributed by atoms with van der Waals surface area (Å²) in [6.45, 7) is 14.7. The van der Waals surface area contributed by atoms with E-state index in [1.54, 1.807) is 0 Å². The van der Waals surface area contributed by atoms with Crippen LogP contribution in [0.3, 0.4) is 0 Å². The van der Waals surface area contributed by atoms with Gasteiger partial charge in [0.2, 0.25) is 6.29 Å². The molecular formula is C36H58O10. The molecule has 5 fully saturated rings. The van der Waals surface area contributed by atoms with E-state index in [9.17, 15) is 40.5 Å². The zero-order chi connectivity index (χ0) is 34.0. The van der Waals surface area contributed by atoms with Crippen molar-refractivity contribution in [2.75, 3.05) is 6.61 Å². The van der Waals surface area contributed by atoms with Crippen LogP contribution in [0.25, 0.3) is 0 Å². The van der Waals surface area contributed by atoms with Crippen molar-refractivity contribution in [2.24, 2.45) is 50.2 Å². The molecule has 10 heteroatoms. The minimum absolute atomic E-state index is 0.131. The summed E-state index contributed by atoms with van der Waals surface area (Å²) in [4.78, 5) is 14.4. The van der Waals surface area contributed by atoms with E-state index < -0.39 is 77.8 Å². The molecule has 1 saturated heterocycles. The molecule has 0 spiro atoms. The first-order valence-corrected chi connectivity index (χ1v) is 17.5. The summed E-state index contributed by atoms with van der Waals surface area (Å²) in [5, 5.41) is 74.6. The third-order valence-corrected chi connectivity index (χ3v) is 15.2. The molecule has 10 nitrogen and oxygen atoms in total. The number of carbonyl (C=O) groups is 1. The number of fused-ring (bicyclic) bond motifs is 7. The molecule has 6 rings (SSSR count). The van der Waals surface area contributed by atoms with Crippen LogP contribution in [0, 0.1) is 50.2 Å². The predicted molar refractivity (Wildman–Crippen MR) is 168 cm³/mol. The Bertz CT molecular complexity index is 1250. The summed E-state index contributed by atoms with van der Waals surface area (Å²) in [6.07, 6.45) is -2.50. The van der Waals surface area contributed by atoms with Gasteiger partial charge in [0.05, 0.1) is 30.3 Å². The van der Waals surface area contributed by atoms with Gasteiger partial charge >= 0.3 is 5.97 Å². The van der Waals surface area contributed by atoms with Gasteiger partial charge in [0.15, 0.2) is 0 Å². The molecule has 0 aromatic carbocycles. The maximum atomic E-state index is 14.4. The molecule has 0 amide bonds. The minimum Gasteiger partial charge on any atom is -0.432 e. The van der Waals surface area contributed by atoms with E-state index in [1.807, 2.05) is 13.8 Å². The number of allylic oxidation sites excluding steroid dienone is 2. The lowest BCUT2D eigenvalue weighted by molar-refractivity contribution is -0.298. The van der Waals surface area contributed by atoms with E-state index in [2.05, 4.69) is 40.7 Å². The third kappa shape index (κ3) is 4.53. The van der Waals surface area contributed by atoms with Crippen LogP contribution in [-0.2, 0) is 14.3 Å². The lowest BCUT2D eigenvalue weighted by Gasteiger charge is -2.71. The van der Waals surface area contributed by atoms with Crippen LogP contribution in [0.4, 0.5) is 0 Å². The smallest absolute Gasteiger partial charge is 0.315 e. The van der Waals surface area contributed by atoms with Gasteiger partial charge in [-0.1, -0.05) is 60.1 Å². The molecule has 5 aliphatic carbocycles. The lowest BCUT2D eigenvalue weighted by Crippen LogP contribution is -2.67. The number of aliphatic hydroxyl groups excluding tert-OH is 7. The van der Waals surface area contributed by atoms with Gasteiger partial charge in [0.1, 0.15) is 24.4 Å². The molecule has 1 aliphatic heterocycles. The van der Waals surface area contributed by atoms with Crippen molar-refractivity contribution in [2.45, 2.75) is 149 Å². The van der Waals surface area contributed by atoms with Crippen molar-refractivity contribution in [1.82, 2.24) is 0 Å². The van der Waals surface area contributed by atoms with E-state index in [0.717, 1.165) is 19.3 Å². The van der Waals surface area contributed by atoms with Gasteiger partial charge in [-0.2, -0.15) is 0 Å². The lowest BCUT2D eigenvalue weighted by atomic mass is 9.33. The van der Waals surface area contributed by atoms with Crippen LogP contribution < -0.4 is 0 Å². The average molecular weight is 651 g/mol. The monoisotopic (exact) mass is 650 g/mol. The van der Waals surface area contributed by atoms with Crippen LogP contribution >= 0.6 is 0 Å². The Morgan fingerprint density at radius 2 is 1.54 bits per heavy atom. The Kier molecular flexibility index (Phi) is 8.27. The number of hydrogen-bond acceptors (Lipinski definition) is 10. The van der Waals surface area contributed by atoms with Crippen LogP contribution in [0.2, 0.25) is 0 Å². The fourth-order valence-corrected chi connectivity index (χ4v) is 12.1. The average Bonchev–Trinajstić information content (AvgIpc) is 2.97. The molecule has 1 heterocycles. The SMILES string of the molecule is CC1(C)CC2C3=CCC4C5(C)CC(O)C(O)C(C)(C)C5CCC4(C)C3(C)CCC2(C(=O)OC2OC(CO)C(O)C(O)C2O)CC1O. The number of rotatable bonds is 3. The van der Waals surface area contributed by atoms with E-state index in [4.69, 9.17) is 9.47 Å². The summed E-state index contributed by atoms with van der Waals surface area (Å²) < 4.78 is 11.4. The highest BCUT2D eigenvalue weighted by Crippen LogP contribution is 2.75. The fraction of sp³-hybridized carbons (Fsp3) is 0.917. The van der Waals surface area contributed by atoms with Gasteiger partial charge in [-0.25, -0.2) is 0 Å². The number of aliphatic hydroxyl groups is 7. The first-order valence-electron chi connectivity index (χ1n) is 17.5. The van der Waals surface area contributed by atoms with Crippen molar-refractivity contribution < 1.29 is 50.0 Å². The van der Waals surface area contributed by atoms with E-state index in [0.29, 0.717) is 25.7 Å². The second-order valence-electron chi connectivity index (χ2n) is 18.1. The first kappa shape index (κ1) is 34.7. The molecule has 15 unspecified atom stereocenters. The van der Waals surface area contributed by atoms with Gasteiger partial charge in [0.25, 0.3) is 0 Å². The summed E-state index contributed by atoms with van der Waals surface area (Å²) in [5.41, 5.74) is -1.32. The Hall–Kier alpha value is -1.11. The van der Waals surface area contributed by atoms with Gasteiger partial charge in [0, 0.05) is 0 Å². The zero-order valence-corrected chi connectivity index (χ0v) is 28.6. The maximum absolute atomic E-state index is 14.4. The molecule has 262 valence electrons. The van der Waals surface area contributed by atoms with Gasteiger partial charge < -0.3 is 45.2 Å². The third-order valence-electron chi connectivity index (χ3n) is 15.2. The fourth-order valence-electron chi connectivity index (χ4n) is 12.1. The zero-order valence-electron chi connectivity index (χ0n) is 28.6. The van der Waals surface area contributed by atoms with Crippen molar-refractivity contribution in [1.29, 1.82) is 0 Å². The first-order chi connectivity index (χ1) is 21.2. The van der Waals surface area contributed by atoms with Crippen molar-refractivity contribution in [3.8, 4) is 0 Å². The van der Waals surface area contributed by atoms with Gasteiger partial charge in [-0.05, 0) is 96.2 Å². The molecule has 15 atom stereocenters. The molecule has 6 aliphatic rings. The van der Waals surface area contributed by atoms with Crippen LogP contribution in [0.5, 0.6) is 0 Å². The van der Waals surface area contributed by atoms with Gasteiger partial charge in [-0.3, -0.25) is 4.79 Å². The highest BCUT2D eigenvalue weighted by atomic mass is 16.7. The highest BCUT2D eigenvalue weighted by Gasteiger charge is 2.71. The predicted octanol–water partition coefficient (Wildman–Crippen LogP) is 2.43. The normalized spacial score (nSPS) is 54.3. The summed E-state index contributed by atoms with van der Waals surface area (Å²) >= 11 is 0. The van der Waals surface area contributed by atoms with Crippen molar-refractivity contribution in [3.05, 3.63) is 11.6 Å². The number of esters is 1. The second kappa shape index (κ2) is 10.9. The molecule has 0 bridgehead atoms. The Morgan fingerprint density at radius 3 is 2.20 bits per heavy atom. The molecule has 0 radical (unpaired) electrons.